The third-order valence-electron chi connectivity index (χ3n) is 2.13. The molecular weight excluding hydrogens is 300 g/mol. The average molecular weight is 321 g/mol. The van der Waals surface area contributed by atoms with Gasteiger partial charge in [0, 0.05) is 12.6 Å². The van der Waals surface area contributed by atoms with Gasteiger partial charge in [-0.3, -0.25) is 4.79 Å². The van der Waals surface area contributed by atoms with E-state index in [4.69, 9.17) is 16.3 Å². The first-order valence-corrected chi connectivity index (χ1v) is 6.93. The number of carbonyl (C=O) groups is 3. The van der Waals surface area contributed by atoms with Crippen LogP contribution in [0.5, 0.6) is 0 Å². The van der Waals surface area contributed by atoms with E-state index in [1.165, 1.54) is 0 Å². The molecule has 0 aliphatic rings. The van der Waals surface area contributed by atoms with Gasteiger partial charge in [0.25, 0.3) is 0 Å². The fraction of sp³-hybridized carbons (Fsp3) is 0.615. The zero-order valence-electron chi connectivity index (χ0n) is 12.2. The molecule has 0 atom stereocenters. The summed E-state index contributed by atoms with van der Waals surface area (Å²) in [5, 5.41) is 4.94. The van der Waals surface area contributed by atoms with Gasteiger partial charge in [-0.15, -0.1) is 11.6 Å². The number of esters is 2. The first-order chi connectivity index (χ1) is 9.80. The van der Waals surface area contributed by atoms with E-state index in [0.29, 0.717) is 0 Å². The molecule has 0 aromatic rings. The Balaban J connectivity index is 3.68. The average Bonchev–Trinajstić information content (AvgIpc) is 2.42. The molecule has 7 nitrogen and oxygen atoms in total. The number of alkyl halides is 1. The van der Waals surface area contributed by atoms with Crippen LogP contribution in [0, 0.1) is 0 Å². The number of urea groups is 1. The lowest BCUT2D eigenvalue weighted by Crippen LogP contribution is -2.39. The monoisotopic (exact) mass is 320 g/mol. The minimum Gasteiger partial charge on any atom is -0.461 e. The molecule has 0 aliphatic heterocycles. The Bertz CT molecular complexity index is 385. The Hall–Kier alpha value is -1.76. The Kier molecular flexibility index (Phi) is 9.20. The summed E-state index contributed by atoms with van der Waals surface area (Å²) in [4.78, 5) is 33.5. The maximum Gasteiger partial charge on any atom is 0.330 e. The van der Waals surface area contributed by atoms with Gasteiger partial charge in [-0.05, 0) is 13.8 Å². The number of ether oxygens (including phenoxy) is 2. The second-order valence-electron chi connectivity index (χ2n) is 4.67. The highest BCUT2D eigenvalue weighted by molar-refractivity contribution is 6.18. The van der Waals surface area contributed by atoms with Crippen LogP contribution in [0.2, 0.25) is 0 Å². The molecule has 0 saturated carbocycles. The topological polar surface area (TPSA) is 93.7 Å². The predicted molar refractivity (Wildman–Crippen MR) is 78.1 cm³/mol. The Labute approximate surface area is 129 Å². The minimum atomic E-state index is -0.726. The van der Waals surface area contributed by atoms with Crippen LogP contribution in [0.15, 0.2) is 12.7 Å². The van der Waals surface area contributed by atoms with E-state index in [0.717, 1.165) is 6.08 Å². The first-order valence-electron chi connectivity index (χ1n) is 6.39. The SMILES string of the molecule is C=CC(=O)OCCNC(=O)NCCC(=O)OC(C)(C)CCl. The molecule has 8 heteroatoms. The molecule has 0 aromatic carbocycles. The molecule has 0 saturated heterocycles. The molecule has 120 valence electrons. The molecule has 0 heterocycles. The van der Waals surface area contributed by atoms with E-state index >= 15 is 0 Å². The van der Waals surface area contributed by atoms with Crippen molar-refractivity contribution in [1.29, 1.82) is 0 Å². The van der Waals surface area contributed by atoms with Gasteiger partial charge in [0.15, 0.2) is 0 Å². The number of hydrogen-bond donors (Lipinski definition) is 2. The van der Waals surface area contributed by atoms with E-state index < -0.39 is 23.6 Å². The Morgan fingerprint density at radius 2 is 1.86 bits per heavy atom. The molecule has 0 unspecified atom stereocenters. The zero-order chi connectivity index (χ0) is 16.3. The zero-order valence-corrected chi connectivity index (χ0v) is 13.0. The smallest absolute Gasteiger partial charge is 0.330 e. The summed E-state index contributed by atoms with van der Waals surface area (Å²) in [5.74, 6) is -0.807. The molecular formula is C13H21ClN2O5. The molecule has 0 bridgehead atoms. The summed E-state index contributed by atoms with van der Waals surface area (Å²) < 4.78 is 9.76. The molecule has 0 fully saturated rings. The van der Waals surface area contributed by atoms with Crippen LogP contribution in [0.4, 0.5) is 4.79 Å². The molecule has 2 N–H and O–H groups in total. The van der Waals surface area contributed by atoms with Crippen molar-refractivity contribution in [3.05, 3.63) is 12.7 Å². The van der Waals surface area contributed by atoms with Crippen molar-refractivity contribution in [2.45, 2.75) is 25.9 Å². The van der Waals surface area contributed by atoms with Crippen molar-refractivity contribution in [3.8, 4) is 0 Å². The van der Waals surface area contributed by atoms with E-state index in [-0.39, 0.29) is 32.0 Å². The number of halogens is 1. The summed E-state index contributed by atoms with van der Waals surface area (Å²) in [7, 11) is 0. The van der Waals surface area contributed by atoms with E-state index in [9.17, 15) is 14.4 Å². The van der Waals surface area contributed by atoms with Gasteiger partial charge < -0.3 is 20.1 Å². The highest BCUT2D eigenvalue weighted by atomic mass is 35.5. The third-order valence-corrected chi connectivity index (χ3v) is 2.77. The van der Waals surface area contributed by atoms with Gasteiger partial charge in [-0.1, -0.05) is 6.58 Å². The van der Waals surface area contributed by atoms with Gasteiger partial charge in [0.1, 0.15) is 12.2 Å². The van der Waals surface area contributed by atoms with Crippen LogP contribution in [0.1, 0.15) is 20.3 Å². The lowest BCUT2D eigenvalue weighted by atomic mass is 10.2. The molecule has 0 spiro atoms. The second kappa shape index (κ2) is 10.0. The molecule has 0 rings (SSSR count). The Morgan fingerprint density at radius 1 is 1.24 bits per heavy atom. The number of nitrogens with one attached hydrogen (secondary N) is 2. The summed E-state index contributed by atoms with van der Waals surface area (Å²) in [6.45, 7) is 6.97. The van der Waals surface area contributed by atoms with E-state index in [2.05, 4.69) is 21.9 Å². The largest absolute Gasteiger partial charge is 0.461 e. The van der Waals surface area contributed by atoms with Crippen molar-refractivity contribution in [2.24, 2.45) is 0 Å². The molecule has 0 aliphatic carbocycles. The highest BCUT2D eigenvalue weighted by Gasteiger charge is 2.21. The summed E-state index contributed by atoms with van der Waals surface area (Å²) >= 11 is 5.63. The minimum absolute atomic E-state index is 0.0409. The van der Waals surface area contributed by atoms with Crippen molar-refractivity contribution in [1.82, 2.24) is 10.6 Å². The van der Waals surface area contributed by atoms with E-state index in [1.807, 2.05) is 0 Å². The number of hydrogen-bond acceptors (Lipinski definition) is 5. The molecule has 21 heavy (non-hydrogen) atoms. The van der Waals surface area contributed by atoms with Gasteiger partial charge >= 0.3 is 18.0 Å². The van der Waals surface area contributed by atoms with Crippen LogP contribution in [0.25, 0.3) is 0 Å². The van der Waals surface area contributed by atoms with Crippen molar-refractivity contribution >= 4 is 29.6 Å². The highest BCUT2D eigenvalue weighted by Crippen LogP contribution is 2.11. The van der Waals surface area contributed by atoms with Gasteiger partial charge in [-0.25, -0.2) is 9.59 Å². The lowest BCUT2D eigenvalue weighted by molar-refractivity contribution is -0.154. The summed E-state index contributed by atoms with van der Waals surface area (Å²) in [6.07, 6.45) is 1.08. The van der Waals surface area contributed by atoms with Crippen molar-refractivity contribution in [2.75, 3.05) is 25.6 Å². The predicted octanol–water partition coefficient (Wildman–Crippen LogP) is 0.966. The fourth-order valence-corrected chi connectivity index (χ4v) is 1.16. The maximum atomic E-state index is 11.4. The maximum absolute atomic E-state index is 11.4. The molecule has 0 aromatic heterocycles. The fourth-order valence-electron chi connectivity index (χ4n) is 1.10. The van der Waals surface area contributed by atoms with Crippen LogP contribution in [0.3, 0.4) is 0 Å². The van der Waals surface area contributed by atoms with E-state index in [1.54, 1.807) is 13.8 Å². The van der Waals surface area contributed by atoms with Gasteiger partial charge in [-0.2, -0.15) is 0 Å². The van der Waals surface area contributed by atoms with Crippen molar-refractivity contribution in [3.63, 3.8) is 0 Å². The van der Waals surface area contributed by atoms with Crippen LogP contribution >= 0.6 is 11.6 Å². The normalized spacial score (nSPS) is 10.4. The number of rotatable bonds is 9. The van der Waals surface area contributed by atoms with Gasteiger partial charge in [0.2, 0.25) is 0 Å². The molecule has 2 amide bonds. The summed E-state index contributed by atoms with van der Waals surface area (Å²) in [5.41, 5.74) is -0.726. The number of amides is 2. The van der Waals surface area contributed by atoms with Crippen molar-refractivity contribution < 1.29 is 23.9 Å². The number of carbonyl (C=O) groups excluding carboxylic acids is 3. The van der Waals surface area contributed by atoms with Crippen LogP contribution in [-0.2, 0) is 19.1 Å². The van der Waals surface area contributed by atoms with Gasteiger partial charge in [0.05, 0.1) is 18.8 Å². The lowest BCUT2D eigenvalue weighted by Gasteiger charge is -2.22. The second-order valence-corrected chi connectivity index (χ2v) is 4.94. The van der Waals surface area contributed by atoms with Crippen LogP contribution < -0.4 is 10.6 Å². The third kappa shape index (κ3) is 10.7. The first kappa shape index (κ1) is 19.2. The standard InChI is InChI=1S/C13H21ClN2O5/c1-4-10(17)20-8-7-16-12(19)15-6-5-11(18)21-13(2,3)9-14/h4H,1,5-9H2,2-3H3,(H2,15,16,19). The quantitative estimate of drug-likeness (QED) is 0.286. The Morgan fingerprint density at radius 3 is 2.43 bits per heavy atom. The summed E-state index contributed by atoms with van der Waals surface area (Å²) in [6, 6.07) is -0.464. The molecule has 0 radical (unpaired) electrons. The van der Waals surface area contributed by atoms with Crippen LogP contribution in [-0.4, -0.2) is 49.1 Å².